The highest BCUT2D eigenvalue weighted by Crippen LogP contribution is 2.23. The normalized spacial score (nSPS) is 11.0. The minimum Gasteiger partial charge on any atom is -0.357 e. The van der Waals surface area contributed by atoms with E-state index in [0.29, 0.717) is 10.4 Å². The molecule has 1 aromatic heterocycles. The van der Waals surface area contributed by atoms with Crippen LogP contribution in [0.4, 0.5) is 0 Å². The van der Waals surface area contributed by atoms with Crippen molar-refractivity contribution in [1.82, 2.24) is 4.98 Å². The molecule has 0 saturated carbocycles. The molecular weight excluding hydrogens is 222 g/mol. The molecule has 16 heavy (non-hydrogen) atoms. The summed E-state index contributed by atoms with van der Waals surface area (Å²) in [6, 6.07) is 3.70. The molecule has 2 aromatic rings. The maximum Gasteiger partial charge on any atom is 0.192 e. The van der Waals surface area contributed by atoms with Gasteiger partial charge in [0.15, 0.2) is 5.43 Å². The number of halogens is 1. The number of aryl methyl sites for hydroxylation is 2. The van der Waals surface area contributed by atoms with Crippen molar-refractivity contribution in [2.45, 2.75) is 27.2 Å². The van der Waals surface area contributed by atoms with Gasteiger partial charge >= 0.3 is 0 Å². The van der Waals surface area contributed by atoms with E-state index < -0.39 is 0 Å². The highest BCUT2D eigenvalue weighted by atomic mass is 35.5. The Hall–Kier alpha value is -1.28. The van der Waals surface area contributed by atoms with E-state index in [1.165, 1.54) is 0 Å². The third-order valence-corrected chi connectivity index (χ3v) is 3.33. The molecule has 1 aromatic carbocycles. The van der Waals surface area contributed by atoms with Crippen LogP contribution in [0.3, 0.4) is 0 Å². The zero-order valence-corrected chi connectivity index (χ0v) is 10.4. The predicted octanol–water partition coefficient (Wildman–Crippen LogP) is 3.36. The minimum atomic E-state index is 0.0885. The van der Waals surface area contributed by atoms with Gasteiger partial charge < -0.3 is 4.98 Å². The van der Waals surface area contributed by atoms with Gasteiger partial charge in [-0.1, -0.05) is 24.6 Å². The molecule has 0 saturated heterocycles. The summed E-state index contributed by atoms with van der Waals surface area (Å²) in [6.07, 6.45) is 0.807. The van der Waals surface area contributed by atoms with Crippen molar-refractivity contribution >= 4 is 22.5 Å². The Morgan fingerprint density at radius 3 is 2.62 bits per heavy atom. The SMILES string of the molecule is CCc1[nH]c2c(Cl)ccc(C)c2c(=O)c1C. The van der Waals surface area contributed by atoms with Crippen LogP contribution >= 0.6 is 11.6 Å². The zero-order valence-electron chi connectivity index (χ0n) is 9.65. The first-order valence-corrected chi connectivity index (χ1v) is 5.74. The van der Waals surface area contributed by atoms with Crippen LogP contribution in [0.25, 0.3) is 10.9 Å². The van der Waals surface area contributed by atoms with Gasteiger partial charge in [0.25, 0.3) is 0 Å². The van der Waals surface area contributed by atoms with Crippen molar-refractivity contribution in [1.29, 1.82) is 0 Å². The Labute approximate surface area is 99.3 Å². The van der Waals surface area contributed by atoms with Crippen LogP contribution in [-0.4, -0.2) is 4.98 Å². The number of hydrogen-bond donors (Lipinski definition) is 1. The molecule has 0 aliphatic carbocycles. The van der Waals surface area contributed by atoms with Crippen LogP contribution in [0.2, 0.25) is 5.02 Å². The van der Waals surface area contributed by atoms with Crippen LogP contribution in [0.1, 0.15) is 23.7 Å². The summed E-state index contributed by atoms with van der Waals surface area (Å²) >= 11 is 6.11. The number of aromatic amines is 1. The number of fused-ring (bicyclic) bond motifs is 1. The first-order valence-electron chi connectivity index (χ1n) is 5.36. The van der Waals surface area contributed by atoms with E-state index in [2.05, 4.69) is 4.98 Å². The second-order valence-corrected chi connectivity index (χ2v) is 4.43. The fourth-order valence-electron chi connectivity index (χ4n) is 2.02. The van der Waals surface area contributed by atoms with Crippen LogP contribution < -0.4 is 5.43 Å². The molecule has 0 radical (unpaired) electrons. The summed E-state index contributed by atoms with van der Waals surface area (Å²) in [5, 5.41) is 1.31. The Kier molecular flexibility index (Phi) is 2.76. The maximum atomic E-state index is 12.2. The fraction of sp³-hybridized carbons (Fsp3) is 0.308. The van der Waals surface area contributed by atoms with Crippen LogP contribution in [0, 0.1) is 13.8 Å². The largest absolute Gasteiger partial charge is 0.357 e. The average molecular weight is 236 g/mol. The molecule has 2 nitrogen and oxygen atoms in total. The molecule has 1 N–H and O–H groups in total. The summed E-state index contributed by atoms with van der Waals surface area (Å²) < 4.78 is 0. The van der Waals surface area contributed by atoms with E-state index in [1.54, 1.807) is 0 Å². The van der Waals surface area contributed by atoms with E-state index in [4.69, 9.17) is 11.6 Å². The Morgan fingerprint density at radius 1 is 1.31 bits per heavy atom. The summed E-state index contributed by atoms with van der Waals surface area (Å²) in [6.45, 7) is 5.81. The molecule has 0 bridgehead atoms. The molecular formula is C13H14ClNO. The highest BCUT2D eigenvalue weighted by molar-refractivity contribution is 6.35. The van der Waals surface area contributed by atoms with Gasteiger partial charge in [0.2, 0.25) is 0 Å². The number of aromatic nitrogens is 1. The van der Waals surface area contributed by atoms with E-state index >= 15 is 0 Å². The van der Waals surface area contributed by atoms with Gasteiger partial charge in [0, 0.05) is 11.3 Å². The van der Waals surface area contributed by atoms with E-state index in [1.807, 2.05) is 32.9 Å². The third kappa shape index (κ3) is 1.54. The molecule has 0 aliphatic rings. The van der Waals surface area contributed by atoms with Crippen molar-refractivity contribution in [2.75, 3.05) is 0 Å². The van der Waals surface area contributed by atoms with E-state index in [0.717, 1.165) is 28.8 Å². The summed E-state index contributed by atoms with van der Waals surface area (Å²) in [5.41, 5.74) is 3.57. The smallest absolute Gasteiger partial charge is 0.192 e. The lowest BCUT2D eigenvalue weighted by Gasteiger charge is -2.09. The van der Waals surface area contributed by atoms with Gasteiger partial charge in [-0.3, -0.25) is 4.79 Å². The Morgan fingerprint density at radius 2 is 2.00 bits per heavy atom. The number of benzene rings is 1. The highest BCUT2D eigenvalue weighted by Gasteiger charge is 2.11. The van der Waals surface area contributed by atoms with Crippen molar-refractivity contribution in [3.63, 3.8) is 0 Å². The number of rotatable bonds is 1. The molecule has 0 fully saturated rings. The van der Waals surface area contributed by atoms with Gasteiger partial charge in [0.05, 0.1) is 15.9 Å². The van der Waals surface area contributed by atoms with E-state index in [-0.39, 0.29) is 5.43 Å². The number of hydrogen-bond acceptors (Lipinski definition) is 1. The number of pyridine rings is 1. The molecule has 2 rings (SSSR count). The van der Waals surface area contributed by atoms with Gasteiger partial charge in [-0.2, -0.15) is 0 Å². The first-order chi connectivity index (χ1) is 7.56. The van der Waals surface area contributed by atoms with Crippen molar-refractivity contribution < 1.29 is 0 Å². The minimum absolute atomic E-state index is 0.0885. The summed E-state index contributed by atoms with van der Waals surface area (Å²) in [5.74, 6) is 0. The van der Waals surface area contributed by atoms with Crippen LogP contribution in [0.5, 0.6) is 0 Å². The molecule has 84 valence electrons. The standard InChI is InChI=1S/C13H14ClNO/c1-4-10-8(3)13(16)11-7(2)5-6-9(14)12(11)15-10/h5-6H,4H2,1-3H3,(H,15,16). The van der Waals surface area contributed by atoms with Gasteiger partial charge in [-0.05, 0) is 31.9 Å². The Balaban J connectivity index is 3.04. The quantitative estimate of drug-likeness (QED) is 0.808. The molecule has 0 spiro atoms. The summed E-state index contributed by atoms with van der Waals surface area (Å²) in [4.78, 5) is 15.5. The maximum absolute atomic E-state index is 12.2. The number of H-pyrrole nitrogens is 1. The predicted molar refractivity (Wildman–Crippen MR) is 68.4 cm³/mol. The molecule has 1 heterocycles. The number of nitrogens with one attached hydrogen (secondary N) is 1. The molecule has 0 amide bonds. The summed E-state index contributed by atoms with van der Waals surface area (Å²) in [7, 11) is 0. The zero-order chi connectivity index (χ0) is 11.9. The lowest BCUT2D eigenvalue weighted by Crippen LogP contribution is -2.12. The lowest BCUT2D eigenvalue weighted by atomic mass is 10.0. The first kappa shape index (κ1) is 11.2. The topological polar surface area (TPSA) is 32.9 Å². The monoisotopic (exact) mass is 235 g/mol. The van der Waals surface area contributed by atoms with Gasteiger partial charge in [-0.25, -0.2) is 0 Å². The molecule has 0 atom stereocenters. The second-order valence-electron chi connectivity index (χ2n) is 4.03. The second kappa shape index (κ2) is 3.95. The van der Waals surface area contributed by atoms with Crippen LogP contribution in [0.15, 0.2) is 16.9 Å². The molecule has 3 heteroatoms. The van der Waals surface area contributed by atoms with Crippen molar-refractivity contribution in [3.05, 3.63) is 44.2 Å². The van der Waals surface area contributed by atoms with Crippen molar-refractivity contribution in [3.8, 4) is 0 Å². The van der Waals surface area contributed by atoms with E-state index in [9.17, 15) is 4.79 Å². The fourth-order valence-corrected chi connectivity index (χ4v) is 2.22. The Bertz CT molecular complexity index is 613. The van der Waals surface area contributed by atoms with Crippen molar-refractivity contribution in [2.24, 2.45) is 0 Å². The van der Waals surface area contributed by atoms with Gasteiger partial charge in [-0.15, -0.1) is 0 Å². The van der Waals surface area contributed by atoms with Gasteiger partial charge in [0.1, 0.15) is 0 Å². The lowest BCUT2D eigenvalue weighted by molar-refractivity contribution is 1.02. The third-order valence-electron chi connectivity index (χ3n) is 3.01. The van der Waals surface area contributed by atoms with Crippen LogP contribution in [-0.2, 0) is 6.42 Å². The molecule has 0 aliphatic heterocycles. The average Bonchev–Trinajstić information content (AvgIpc) is 2.27. The molecule has 0 unspecified atom stereocenters.